The summed E-state index contributed by atoms with van der Waals surface area (Å²) >= 11 is 1.83. The molecule has 36 heavy (non-hydrogen) atoms. The summed E-state index contributed by atoms with van der Waals surface area (Å²) in [4.78, 5) is 27.9. The zero-order valence-corrected chi connectivity index (χ0v) is 22.3. The van der Waals surface area contributed by atoms with Crippen molar-refractivity contribution in [3.63, 3.8) is 0 Å². The van der Waals surface area contributed by atoms with Gasteiger partial charge in [0.05, 0.1) is 30.1 Å². The van der Waals surface area contributed by atoms with Crippen LogP contribution in [-0.4, -0.2) is 111 Å². The zero-order chi connectivity index (χ0) is 25.3. The molecular formula is C24H32N6O4S2. The largest absolute Gasteiger partial charge is 0.378 e. The molecule has 2 aromatic rings. The van der Waals surface area contributed by atoms with Crippen LogP contribution in [0.1, 0.15) is 16.1 Å². The van der Waals surface area contributed by atoms with E-state index in [9.17, 15) is 13.2 Å². The molecule has 12 heteroatoms. The summed E-state index contributed by atoms with van der Waals surface area (Å²) in [5, 5.41) is 3.00. The van der Waals surface area contributed by atoms with Crippen molar-refractivity contribution in [3.8, 4) is 11.4 Å². The number of sulfonamides is 1. The highest BCUT2D eigenvalue weighted by Crippen LogP contribution is 2.43. The number of aromatic nitrogens is 2. The van der Waals surface area contributed by atoms with Crippen LogP contribution in [0.15, 0.2) is 29.2 Å². The van der Waals surface area contributed by atoms with Gasteiger partial charge in [0.25, 0.3) is 5.91 Å². The number of thioether (sulfide) groups is 1. The number of rotatable bonds is 6. The Morgan fingerprint density at radius 3 is 2.58 bits per heavy atom. The van der Waals surface area contributed by atoms with Gasteiger partial charge in [0.15, 0.2) is 5.82 Å². The normalized spacial score (nSPS) is 21.4. The topological polar surface area (TPSA) is 108 Å². The Kier molecular flexibility index (Phi) is 7.49. The second kappa shape index (κ2) is 10.6. The average Bonchev–Trinajstić information content (AvgIpc) is 3.30. The molecule has 0 spiro atoms. The third-order valence-corrected chi connectivity index (χ3v) is 9.41. The van der Waals surface area contributed by atoms with Crippen LogP contribution in [0.3, 0.4) is 0 Å². The van der Waals surface area contributed by atoms with E-state index in [1.54, 1.807) is 17.4 Å². The molecule has 10 nitrogen and oxygen atoms in total. The number of anilines is 1. The van der Waals surface area contributed by atoms with Crippen LogP contribution in [0, 0.1) is 0 Å². The van der Waals surface area contributed by atoms with Crippen LogP contribution in [0.25, 0.3) is 11.4 Å². The van der Waals surface area contributed by atoms with E-state index in [4.69, 9.17) is 14.7 Å². The van der Waals surface area contributed by atoms with Crippen molar-refractivity contribution >= 4 is 33.5 Å². The number of morpholine rings is 1. The fourth-order valence-corrected chi connectivity index (χ4v) is 7.09. The molecule has 3 aliphatic rings. The van der Waals surface area contributed by atoms with Crippen LogP contribution in [0.5, 0.6) is 0 Å². The number of amides is 1. The molecular weight excluding hydrogens is 500 g/mol. The van der Waals surface area contributed by atoms with Crippen LogP contribution in [0.4, 0.5) is 5.82 Å². The lowest BCUT2D eigenvalue weighted by Gasteiger charge is -2.34. The molecule has 0 bridgehead atoms. The van der Waals surface area contributed by atoms with Crippen LogP contribution < -0.4 is 10.2 Å². The number of benzene rings is 1. The summed E-state index contributed by atoms with van der Waals surface area (Å²) in [7, 11) is -1.52. The van der Waals surface area contributed by atoms with Gasteiger partial charge < -0.3 is 15.0 Å². The van der Waals surface area contributed by atoms with Crippen molar-refractivity contribution in [2.75, 3.05) is 77.2 Å². The fourth-order valence-electron chi connectivity index (χ4n) is 4.86. The van der Waals surface area contributed by atoms with E-state index in [0.717, 1.165) is 61.1 Å². The monoisotopic (exact) mass is 532 g/mol. The number of nitrogens with zero attached hydrogens (tertiary/aromatic N) is 5. The predicted molar refractivity (Wildman–Crippen MR) is 140 cm³/mol. The van der Waals surface area contributed by atoms with Crippen molar-refractivity contribution in [3.05, 3.63) is 35.5 Å². The summed E-state index contributed by atoms with van der Waals surface area (Å²) in [6.07, 6.45) is 2.11. The first kappa shape index (κ1) is 25.4. The second-order valence-corrected chi connectivity index (χ2v) is 12.6. The highest BCUT2D eigenvalue weighted by Gasteiger charge is 2.33. The Balaban J connectivity index is 1.38. The maximum Gasteiger partial charge on any atom is 0.251 e. The maximum atomic E-state index is 12.2. The molecule has 1 N–H and O–H groups in total. The Bertz CT molecular complexity index is 1230. The Hall–Kier alpha value is -2.25. The van der Waals surface area contributed by atoms with E-state index >= 15 is 0 Å². The average molecular weight is 533 g/mol. The molecule has 0 aliphatic carbocycles. The SMILES string of the molecule is CNC(=O)c1cccc(-c2nc3c(c(N4CCOCC4)n2)SC(CN2CCN(S(C)(=O)=O)CC2)C3)c1. The zero-order valence-electron chi connectivity index (χ0n) is 20.6. The summed E-state index contributed by atoms with van der Waals surface area (Å²) < 4.78 is 30.8. The standard InChI is InChI=1S/C24H32N6O4S2/c1-25-24(31)18-5-3-4-17(14-18)22-26-20-15-19(16-28-6-8-30(9-7-28)36(2,32)33)35-21(20)23(27-22)29-10-12-34-13-11-29/h3-5,14,19H,6-13,15-16H2,1-2H3,(H,25,31). The van der Waals surface area contributed by atoms with E-state index in [1.807, 2.05) is 30.0 Å². The maximum absolute atomic E-state index is 12.2. The van der Waals surface area contributed by atoms with Crippen molar-refractivity contribution in [1.29, 1.82) is 0 Å². The minimum absolute atomic E-state index is 0.141. The van der Waals surface area contributed by atoms with Crippen molar-refractivity contribution in [2.45, 2.75) is 16.6 Å². The molecule has 4 heterocycles. The minimum atomic E-state index is -3.14. The fraction of sp³-hybridized carbons (Fsp3) is 0.542. The Morgan fingerprint density at radius 2 is 1.89 bits per heavy atom. The molecule has 2 saturated heterocycles. The number of nitrogens with one attached hydrogen (secondary N) is 1. The summed E-state index contributed by atoms with van der Waals surface area (Å²) in [6.45, 7) is 6.31. The lowest BCUT2D eigenvalue weighted by atomic mass is 10.1. The van der Waals surface area contributed by atoms with Gasteiger partial charge in [0, 0.05) is 75.7 Å². The Labute approximate surface area is 216 Å². The van der Waals surface area contributed by atoms with E-state index in [0.29, 0.717) is 42.9 Å². The molecule has 0 saturated carbocycles. The summed E-state index contributed by atoms with van der Waals surface area (Å²) in [6, 6.07) is 7.43. The van der Waals surface area contributed by atoms with Gasteiger partial charge in [-0.25, -0.2) is 18.4 Å². The number of hydrogen-bond donors (Lipinski definition) is 1. The van der Waals surface area contributed by atoms with Crippen molar-refractivity contribution in [1.82, 2.24) is 24.5 Å². The number of ether oxygens (including phenoxy) is 1. The van der Waals surface area contributed by atoms with Crippen LogP contribution in [-0.2, 0) is 21.2 Å². The highest BCUT2D eigenvalue weighted by molar-refractivity contribution is 8.00. The number of piperazine rings is 1. The van der Waals surface area contributed by atoms with Gasteiger partial charge in [0.1, 0.15) is 5.82 Å². The van der Waals surface area contributed by atoms with Gasteiger partial charge in [-0.3, -0.25) is 9.69 Å². The Morgan fingerprint density at radius 1 is 1.14 bits per heavy atom. The van der Waals surface area contributed by atoms with E-state index < -0.39 is 10.0 Å². The van der Waals surface area contributed by atoms with Gasteiger partial charge in [-0.1, -0.05) is 12.1 Å². The first-order valence-electron chi connectivity index (χ1n) is 12.2. The molecule has 0 radical (unpaired) electrons. The highest BCUT2D eigenvalue weighted by atomic mass is 32.2. The van der Waals surface area contributed by atoms with Crippen LogP contribution >= 0.6 is 11.8 Å². The lowest BCUT2D eigenvalue weighted by molar-refractivity contribution is 0.0963. The first-order valence-corrected chi connectivity index (χ1v) is 14.9. The third kappa shape index (κ3) is 5.52. The minimum Gasteiger partial charge on any atom is -0.378 e. The molecule has 1 unspecified atom stereocenters. The smallest absolute Gasteiger partial charge is 0.251 e. The molecule has 3 aliphatic heterocycles. The predicted octanol–water partition coefficient (Wildman–Crippen LogP) is 0.934. The molecule has 1 aromatic heterocycles. The molecule has 1 atom stereocenters. The van der Waals surface area contributed by atoms with E-state index in [1.165, 1.54) is 6.26 Å². The number of hydrogen-bond acceptors (Lipinski definition) is 9. The van der Waals surface area contributed by atoms with Gasteiger partial charge in [-0.2, -0.15) is 4.31 Å². The van der Waals surface area contributed by atoms with Gasteiger partial charge in [-0.15, -0.1) is 11.8 Å². The van der Waals surface area contributed by atoms with E-state index in [-0.39, 0.29) is 5.91 Å². The van der Waals surface area contributed by atoms with Gasteiger partial charge in [0.2, 0.25) is 10.0 Å². The number of fused-ring (bicyclic) bond motifs is 1. The molecule has 1 aromatic carbocycles. The number of carbonyl (C=O) groups excluding carboxylic acids is 1. The quantitative estimate of drug-likeness (QED) is 0.581. The van der Waals surface area contributed by atoms with Crippen LogP contribution in [0.2, 0.25) is 0 Å². The van der Waals surface area contributed by atoms with Gasteiger partial charge in [-0.05, 0) is 12.1 Å². The second-order valence-electron chi connectivity index (χ2n) is 9.31. The molecule has 5 rings (SSSR count). The van der Waals surface area contributed by atoms with Crippen molar-refractivity contribution < 1.29 is 17.9 Å². The van der Waals surface area contributed by atoms with Gasteiger partial charge >= 0.3 is 0 Å². The third-order valence-electron chi connectivity index (χ3n) is 6.81. The molecule has 2 fully saturated rings. The summed E-state index contributed by atoms with van der Waals surface area (Å²) in [5.41, 5.74) is 2.43. The number of carbonyl (C=O) groups is 1. The van der Waals surface area contributed by atoms with E-state index in [2.05, 4.69) is 15.1 Å². The van der Waals surface area contributed by atoms with Crippen molar-refractivity contribution in [2.24, 2.45) is 0 Å². The first-order chi connectivity index (χ1) is 17.3. The summed E-state index contributed by atoms with van der Waals surface area (Å²) in [5.74, 6) is 1.43. The lowest BCUT2D eigenvalue weighted by Crippen LogP contribution is -2.49. The molecule has 194 valence electrons. The molecule has 1 amide bonds.